The van der Waals surface area contributed by atoms with Gasteiger partial charge in [0, 0.05) is 0 Å². The third kappa shape index (κ3) is 4.40. The van der Waals surface area contributed by atoms with Crippen LogP contribution in [0.15, 0.2) is 18.2 Å². The number of amides is 2. The van der Waals surface area contributed by atoms with Crippen LogP contribution in [0.1, 0.15) is 24.2 Å². The number of carbonyl (C=O) groups excluding carboxylic acids is 2. The summed E-state index contributed by atoms with van der Waals surface area (Å²) in [5.41, 5.74) is 0.503. The van der Waals surface area contributed by atoms with Crippen molar-refractivity contribution in [2.45, 2.75) is 30.0 Å². The Hall–Kier alpha value is -1.00. The van der Waals surface area contributed by atoms with E-state index in [1.807, 2.05) is 0 Å². The van der Waals surface area contributed by atoms with Crippen LogP contribution >= 0.6 is 35.8 Å². The highest BCUT2D eigenvalue weighted by Gasteiger charge is 2.45. The van der Waals surface area contributed by atoms with Crippen molar-refractivity contribution in [3.8, 4) is 0 Å². The van der Waals surface area contributed by atoms with Crippen molar-refractivity contribution in [2.24, 2.45) is 0 Å². The summed E-state index contributed by atoms with van der Waals surface area (Å²) in [5.74, 6) is -1.10. The molecular formula is C14H16Cl2N2O5S2. The largest absolute Gasteiger partial charge is 0.341 e. The van der Waals surface area contributed by atoms with Crippen molar-refractivity contribution in [1.29, 1.82) is 0 Å². The number of halogens is 2. The second kappa shape index (κ2) is 7.71. The minimum absolute atomic E-state index is 0.00918. The number of benzene rings is 1. The Morgan fingerprint density at radius 2 is 2.08 bits per heavy atom. The first-order valence-electron chi connectivity index (χ1n) is 7.26. The molecule has 0 aromatic heterocycles. The molecule has 11 heteroatoms. The number of thiol groups is 1. The Balaban J connectivity index is 2.00. The van der Waals surface area contributed by atoms with Gasteiger partial charge in [0.15, 0.2) is 5.37 Å². The normalized spacial score (nSPS) is 20.0. The number of hydrogen-bond acceptors (Lipinski definition) is 5. The van der Waals surface area contributed by atoms with E-state index in [0.29, 0.717) is 10.6 Å². The molecule has 2 rings (SSSR count). The lowest BCUT2D eigenvalue weighted by atomic mass is 10.1. The summed E-state index contributed by atoms with van der Waals surface area (Å²) in [6, 6.07) is 3.76. The number of likely N-dealkylation sites (tertiary alicyclic amines) is 1. The van der Waals surface area contributed by atoms with E-state index >= 15 is 0 Å². The molecule has 1 aromatic carbocycles. The molecular weight excluding hydrogens is 411 g/mol. The van der Waals surface area contributed by atoms with Crippen LogP contribution < -0.4 is 5.32 Å². The maximum atomic E-state index is 12.2. The first kappa shape index (κ1) is 20.3. The van der Waals surface area contributed by atoms with Crippen molar-refractivity contribution in [3.05, 3.63) is 33.8 Å². The maximum absolute atomic E-state index is 12.2. The van der Waals surface area contributed by atoms with Gasteiger partial charge in [-0.2, -0.15) is 21.0 Å². The van der Waals surface area contributed by atoms with Crippen LogP contribution in [0.3, 0.4) is 0 Å². The summed E-state index contributed by atoms with van der Waals surface area (Å²) in [6.07, 6.45) is 0.0453. The molecule has 1 fully saturated rings. The molecule has 0 bridgehead atoms. The summed E-state index contributed by atoms with van der Waals surface area (Å²) < 4.78 is 31.7. The van der Waals surface area contributed by atoms with E-state index in [1.165, 1.54) is 19.1 Å². The second-order valence-electron chi connectivity index (χ2n) is 5.51. The lowest BCUT2D eigenvalue weighted by Crippen LogP contribution is -2.67. The zero-order valence-corrected chi connectivity index (χ0v) is 16.2. The van der Waals surface area contributed by atoms with Crippen LogP contribution in [0.2, 0.25) is 10.0 Å². The highest BCUT2D eigenvalue weighted by Crippen LogP contribution is 2.29. The van der Waals surface area contributed by atoms with Crippen molar-refractivity contribution in [1.82, 2.24) is 10.2 Å². The van der Waals surface area contributed by atoms with Gasteiger partial charge in [-0.3, -0.25) is 14.1 Å². The minimum Gasteiger partial charge on any atom is -0.341 e. The van der Waals surface area contributed by atoms with Crippen LogP contribution in [0.5, 0.6) is 0 Å². The van der Waals surface area contributed by atoms with Gasteiger partial charge in [0.2, 0.25) is 11.8 Å². The van der Waals surface area contributed by atoms with Gasteiger partial charge in [-0.05, 0) is 24.1 Å². The molecule has 7 nitrogen and oxygen atoms in total. The lowest BCUT2D eigenvalue weighted by Gasteiger charge is -2.42. The fraction of sp³-hybridized carbons (Fsp3) is 0.429. The van der Waals surface area contributed by atoms with Crippen LogP contribution in [-0.4, -0.2) is 47.6 Å². The van der Waals surface area contributed by atoms with Crippen molar-refractivity contribution in [2.75, 3.05) is 6.54 Å². The topological polar surface area (TPSA) is 104 Å². The van der Waals surface area contributed by atoms with E-state index in [0.717, 1.165) is 4.90 Å². The number of carbonyl (C=O) groups is 2. The van der Waals surface area contributed by atoms with Gasteiger partial charge in [-0.1, -0.05) is 36.2 Å². The molecule has 1 heterocycles. The van der Waals surface area contributed by atoms with E-state index in [1.54, 1.807) is 6.07 Å². The van der Waals surface area contributed by atoms with E-state index in [9.17, 15) is 18.0 Å². The number of nitrogens with one attached hydrogen (secondary N) is 1. The van der Waals surface area contributed by atoms with Crippen molar-refractivity contribution >= 4 is 57.8 Å². The molecule has 3 atom stereocenters. The molecule has 0 aliphatic carbocycles. The van der Waals surface area contributed by atoms with Gasteiger partial charge in [-0.25, -0.2) is 0 Å². The summed E-state index contributed by atoms with van der Waals surface area (Å²) in [5, 5.41) is 0.929. The van der Waals surface area contributed by atoms with E-state index in [4.69, 9.17) is 27.8 Å². The standard InChI is InChI=1S/C14H16Cl2N2O5S2/c1-2-11(25(21,22)23)18-6-10(14(18)20)17-13(19)12(24)7-3-4-8(15)9(16)5-7/h3-5,10-12,24H,2,6H2,1H3,(H,17,19)(H,21,22,23). The molecule has 138 valence electrons. The monoisotopic (exact) mass is 426 g/mol. The summed E-state index contributed by atoms with van der Waals surface area (Å²) >= 11 is 15.9. The smallest absolute Gasteiger partial charge is 0.286 e. The molecule has 1 aliphatic rings. The fourth-order valence-corrected chi connectivity index (χ4v) is 3.97. The average molecular weight is 427 g/mol. The average Bonchev–Trinajstić information content (AvgIpc) is 2.54. The Kier molecular flexibility index (Phi) is 6.26. The van der Waals surface area contributed by atoms with Crippen LogP contribution in [0.25, 0.3) is 0 Å². The fourth-order valence-electron chi connectivity index (χ4n) is 2.50. The molecule has 3 unspecified atom stereocenters. The highest BCUT2D eigenvalue weighted by atomic mass is 35.5. The molecule has 0 radical (unpaired) electrons. The molecule has 1 aliphatic heterocycles. The highest BCUT2D eigenvalue weighted by molar-refractivity contribution is 7.86. The summed E-state index contributed by atoms with van der Waals surface area (Å²) in [4.78, 5) is 25.3. The molecule has 1 saturated heterocycles. The Morgan fingerprint density at radius 1 is 1.44 bits per heavy atom. The second-order valence-corrected chi connectivity index (χ2v) is 8.41. The SMILES string of the molecule is CCC(N1CC(NC(=O)C(S)c2ccc(Cl)c(Cl)c2)C1=O)S(=O)(=O)O. The van der Waals surface area contributed by atoms with E-state index < -0.39 is 38.6 Å². The predicted molar refractivity (Wildman–Crippen MR) is 97.5 cm³/mol. The zero-order valence-electron chi connectivity index (χ0n) is 13.0. The predicted octanol–water partition coefficient (Wildman–Crippen LogP) is 1.92. The van der Waals surface area contributed by atoms with Gasteiger partial charge in [0.25, 0.3) is 10.1 Å². The van der Waals surface area contributed by atoms with Crippen molar-refractivity contribution in [3.63, 3.8) is 0 Å². The number of nitrogens with zero attached hydrogens (tertiary/aromatic N) is 1. The number of rotatable bonds is 6. The van der Waals surface area contributed by atoms with E-state index in [2.05, 4.69) is 17.9 Å². The first-order chi connectivity index (χ1) is 11.6. The third-order valence-corrected chi connectivity index (χ3v) is 6.37. The molecule has 0 spiro atoms. The quantitative estimate of drug-likeness (QED) is 0.366. The summed E-state index contributed by atoms with van der Waals surface area (Å²) in [7, 11) is -4.38. The maximum Gasteiger partial charge on any atom is 0.286 e. The van der Waals surface area contributed by atoms with Gasteiger partial charge in [-0.15, -0.1) is 0 Å². The first-order valence-corrected chi connectivity index (χ1v) is 10.0. The Bertz CT molecular complexity index is 802. The number of hydrogen-bond donors (Lipinski definition) is 3. The van der Waals surface area contributed by atoms with Crippen molar-refractivity contribution < 1.29 is 22.6 Å². The third-order valence-electron chi connectivity index (χ3n) is 3.83. The molecule has 1 aromatic rings. The van der Waals surface area contributed by atoms with Gasteiger partial charge < -0.3 is 10.2 Å². The van der Waals surface area contributed by atoms with Crippen LogP contribution in [0, 0.1) is 0 Å². The number of β-lactam (4-membered cyclic amide) rings is 1. The Morgan fingerprint density at radius 3 is 2.56 bits per heavy atom. The van der Waals surface area contributed by atoms with Crippen LogP contribution in [-0.2, 0) is 19.7 Å². The lowest BCUT2D eigenvalue weighted by molar-refractivity contribution is -0.147. The van der Waals surface area contributed by atoms with Gasteiger partial charge in [0.1, 0.15) is 11.3 Å². The minimum atomic E-state index is -4.38. The molecule has 2 N–H and O–H groups in total. The molecule has 2 amide bonds. The Labute approximate surface area is 160 Å². The molecule has 25 heavy (non-hydrogen) atoms. The summed E-state index contributed by atoms with van der Waals surface area (Å²) in [6.45, 7) is 1.52. The van der Waals surface area contributed by atoms with Gasteiger partial charge >= 0.3 is 0 Å². The van der Waals surface area contributed by atoms with E-state index in [-0.39, 0.29) is 18.0 Å². The zero-order chi connectivity index (χ0) is 18.9. The van der Waals surface area contributed by atoms with Gasteiger partial charge in [0.05, 0.1) is 16.6 Å². The van der Waals surface area contributed by atoms with Crippen LogP contribution in [0.4, 0.5) is 0 Å². The molecule has 0 saturated carbocycles.